The summed E-state index contributed by atoms with van der Waals surface area (Å²) >= 11 is 0. The second-order valence-electron chi connectivity index (χ2n) is 5.45. The Morgan fingerprint density at radius 2 is 1.84 bits per heavy atom. The third-order valence-electron chi connectivity index (χ3n) is 3.80. The summed E-state index contributed by atoms with van der Waals surface area (Å²) in [6.07, 6.45) is 6.47. The van der Waals surface area contributed by atoms with Gasteiger partial charge in [-0.2, -0.15) is 0 Å². The van der Waals surface area contributed by atoms with E-state index in [1.807, 2.05) is 0 Å². The topological polar surface area (TPSA) is 78.4 Å². The van der Waals surface area contributed by atoms with Crippen LogP contribution in [-0.4, -0.2) is 35.6 Å². The van der Waals surface area contributed by atoms with Crippen molar-refractivity contribution in [2.75, 3.05) is 6.61 Å². The van der Waals surface area contributed by atoms with E-state index in [1.165, 1.54) is 26.2 Å². The van der Waals surface area contributed by atoms with Crippen LogP contribution in [0.2, 0.25) is 0 Å². The highest BCUT2D eigenvalue weighted by Crippen LogP contribution is 2.27. The Bertz CT molecular complexity index is 301. The van der Waals surface area contributed by atoms with Crippen molar-refractivity contribution in [2.45, 2.75) is 64.5 Å². The minimum Gasteiger partial charge on any atom is -0.396 e. The van der Waals surface area contributed by atoms with E-state index in [-0.39, 0.29) is 24.5 Å². The summed E-state index contributed by atoms with van der Waals surface area (Å²) in [5, 5.41) is 14.7. The molecular formula is C14H26N2O3. The summed E-state index contributed by atoms with van der Waals surface area (Å²) in [4.78, 5) is 22.9. The maximum Gasteiger partial charge on any atom is 0.242 e. The van der Waals surface area contributed by atoms with Gasteiger partial charge in [0.15, 0.2) is 0 Å². The number of amides is 2. The zero-order valence-electron chi connectivity index (χ0n) is 11.9. The van der Waals surface area contributed by atoms with E-state index in [2.05, 4.69) is 10.6 Å². The molecule has 0 radical (unpaired) electrons. The third-order valence-corrected chi connectivity index (χ3v) is 3.80. The Morgan fingerprint density at radius 3 is 2.37 bits per heavy atom. The van der Waals surface area contributed by atoms with E-state index in [9.17, 15) is 9.59 Å². The molecule has 5 nitrogen and oxygen atoms in total. The van der Waals surface area contributed by atoms with Crippen molar-refractivity contribution in [3.8, 4) is 0 Å². The molecule has 2 amide bonds. The van der Waals surface area contributed by atoms with E-state index < -0.39 is 6.04 Å². The van der Waals surface area contributed by atoms with Crippen LogP contribution in [0.15, 0.2) is 0 Å². The highest BCUT2D eigenvalue weighted by molar-refractivity contribution is 5.86. The third kappa shape index (κ3) is 5.59. The molecule has 1 saturated carbocycles. The van der Waals surface area contributed by atoms with Crippen molar-refractivity contribution >= 4 is 11.8 Å². The van der Waals surface area contributed by atoms with Gasteiger partial charge in [0.05, 0.1) is 0 Å². The second-order valence-corrected chi connectivity index (χ2v) is 5.45. The maximum absolute atomic E-state index is 12.0. The SMILES string of the molecule is CC(=O)NC(C)C(=O)NC(CCO)C1CCCCC1. The number of carbonyl (C=O) groups excluding carboxylic acids is 2. The molecule has 1 rings (SSSR count). The van der Waals surface area contributed by atoms with Gasteiger partial charge in [0.2, 0.25) is 11.8 Å². The molecule has 110 valence electrons. The van der Waals surface area contributed by atoms with Gasteiger partial charge in [0.25, 0.3) is 0 Å². The number of hydrogen-bond donors (Lipinski definition) is 3. The molecule has 0 aromatic rings. The van der Waals surface area contributed by atoms with Gasteiger partial charge in [-0.15, -0.1) is 0 Å². The molecule has 0 aliphatic heterocycles. The summed E-state index contributed by atoms with van der Waals surface area (Å²) in [6.45, 7) is 3.15. The zero-order chi connectivity index (χ0) is 14.3. The van der Waals surface area contributed by atoms with Gasteiger partial charge >= 0.3 is 0 Å². The molecule has 1 fully saturated rings. The van der Waals surface area contributed by atoms with Gasteiger partial charge in [0.1, 0.15) is 6.04 Å². The Labute approximate surface area is 115 Å². The van der Waals surface area contributed by atoms with Crippen LogP contribution in [0, 0.1) is 5.92 Å². The lowest BCUT2D eigenvalue weighted by molar-refractivity contribution is -0.128. The van der Waals surface area contributed by atoms with Crippen molar-refractivity contribution in [3.05, 3.63) is 0 Å². The number of aliphatic hydroxyl groups excluding tert-OH is 1. The van der Waals surface area contributed by atoms with Gasteiger partial charge < -0.3 is 15.7 Å². The molecule has 0 spiro atoms. The number of rotatable bonds is 6. The van der Waals surface area contributed by atoms with Gasteiger partial charge in [-0.05, 0) is 32.1 Å². The predicted octanol–water partition coefficient (Wildman–Crippen LogP) is 0.958. The quantitative estimate of drug-likeness (QED) is 0.672. The molecular weight excluding hydrogens is 244 g/mol. The van der Waals surface area contributed by atoms with Crippen LogP contribution in [-0.2, 0) is 9.59 Å². The predicted molar refractivity (Wildman–Crippen MR) is 73.5 cm³/mol. The van der Waals surface area contributed by atoms with Crippen LogP contribution < -0.4 is 10.6 Å². The average Bonchev–Trinajstić information content (AvgIpc) is 2.38. The van der Waals surface area contributed by atoms with E-state index in [0.29, 0.717) is 12.3 Å². The fourth-order valence-electron chi connectivity index (χ4n) is 2.78. The Kier molecular flexibility index (Phi) is 6.84. The standard InChI is InChI=1S/C14H26N2O3/c1-10(15-11(2)18)14(19)16-13(8-9-17)12-6-4-3-5-7-12/h10,12-13,17H,3-9H2,1-2H3,(H,15,18)(H,16,19). The van der Waals surface area contributed by atoms with Crippen molar-refractivity contribution in [2.24, 2.45) is 5.92 Å². The molecule has 0 heterocycles. The van der Waals surface area contributed by atoms with E-state index in [0.717, 1.165) is 12.8 Å². The normalized spacial score (nSPS) is 19.5. The Hall–Kier alpha value is -1.10. The first kappa shape index (κ1) is 16.0. The number of nitrogens with one attached hydrogen (secondary N) is 2. The molecule has 2 atom stereocenters. The molecule has 3 N–H and O–H groups in total. The monoisotopic (exact) mass is 270 g/mol. The molecule has 0 saturated heterocycles. The van der Waals surface area contributed by atoms with Crippen LogP contribution in [0.4, 0.5) is 0 Å². The fraction of sp³-hybridized carbons (Fsp3) is 0.857. The number of aliphatic hydroxyl groups is 1. The highest BCUT2D eigenvalue weighted by atomic mass is 16.3. The smallest absolute Gasteiger partial charge is 0.242 e. The fourth-order valence-corrected chi connectivity index (χ4v) is 2.78. The van der Waals surface area contributed by atoms with E-state index in [4.69, 9.17) is 5.11 Å². The van der Waals surface area contributed by atoms with Crippen molar-refractivity contribution in [3.63, 3.8) is 0 Å². The summed E-state index contributed by atoms with van der Waals surface area (Å²) in [5.41, 5.74) is 0. The van der Waals surface area contributed by atoms with Gasteiger partial charge in [-0.1, -0.05) is 19.3 Å². The van der Waals surface area contributed by atoms with Gasteiger partial charge in [-0.25, -0.2) is 0 Å². The summed E-state index contributed by atoms with van der Waals surface area (Å²) in [7, 11) is 0. The largest absolute Gasteiger partial charge is 0.396 e. The van der Waals surface area contributed by atoms with Crippen LogP contribution in [0.1, 0.15) is 52.4 Å². The molecule has 5 heteroatoms. The Balaban J connectivity index is 2.51. The van der Waals surface area contributed by atoms with Crippen LogP contribution in [0.25, 0.3) is 0 Å². The minimum absolute atomic E-state index is 0.0222. The molecule has 0 bridgehead atoms. The first-order chi connectivity index (χ1) is 9.04. The minimum atomic E-state index is -0.526. The van der Waals surface area contributed by atoms with Crippen molar-refractivity contribution in [1.82, 2.24) is 10.6 Å². The van der Waals surface area contributed by atoms with Crippen LogP contribution in [0.3, 0.4) is 0 Å². The maximum atomic E-state index is 12.0. The van der Waals surface area contributed by atoms with Crippen molar-refractivity contribution in [1.29, 1.82) is 0 Å². The lowest BCUT2D eigenvalue weighted by Gasteiger charge is -2.31. The Morgan fingerprint density at radius 1 is 1.21 bits per heavy atom. The highest BCUT2D eigenvalue weighted by Gasteiger charge is 2.26. The molecule has 1 aliphatic rings. The summed E-state index contributed by atoms with van der Waals surface area (Å²) in [6, 6.07) is -0.503. The molecule has 1 aliphatic carbocycles. The lowest BCUT2D eigenvalue weighted by atomic mass is 9.82. The van der Waals surface area contributed by atoms with Gasteiger partial charge in [-0.3, -0.25) is 9.59 Å². The average molecular weight is 270 g/mol. The number of hydrogen-bond acceptors (Lipinski definition) is 3. The molecule has 2 unspecified atom stereocenters. The summed E-state index contributed by atoms with van der Waals surface area (Å²) < 4.78 is 0. The lowest BCUT2D eigenvalue weighted by Crippen LogP contribution is -2.50. The first-order valence-electron chi connectivity index (χ1n) is 7.23. The zero-order valence-corrected chi connectivity index (χ0v) is 11.9. The van der Waals surface area contributed by atoms with Gasteiger partial charge in [0, 0.05) is 19.6 Å². The molecule has 0 aromatic carbocycles. The van der Waals surface area contributed by atoms with Crippen LogP contribution >= 0.6 is 0 Å². The van der Waals surface area contributed by atoms with Crippen molar-refractivity contribution < 1.29 is 14.7 Å². The molecule has 0 aromatic heterocycles. The summed E-state index contributed by atoms with van der Waals surface area (Å²) in [5.74, 6) is 0.0765. The van der Waals surface area contributed by atoms with Crippen LogP contribution in [0.5, 0.6) is 0 Å². The number of carbonyl (C=O) groups is 2. The van der Waals surface area contributed by atoms with E-state index in [1.54, 1.807) is 6.92 Å². The molecule has 19 heavy (non-hydrogen) atoms. The van der Waals surface area contributed by atoms with E-state index >= 15 is 0 Å². The first-order valence-corrected chi connectivity index (χ1v) is 7.23. The second kappa shape index (κ2) is 8.15.